The van der Waals surface area contributed by atoms with Gasteiger partial charge in [0.25, 0.3) is 0 Å². The highest BCUT2D eigenvalue weighted by Gasteiger charge is 2.10. The van der Waals surface area contributed by atoms with Gasteiger partial charge < -0.3 is 20.3 Å². The molecule has 154 valence electrons. The van der Waals surface area contributed by atoms with E-state index >= 15 is 0 Å². The third kappa shape index (κ3) is 6.10. The van der Waals surface area contributed by atoms with Crippen molar-refractivity contribution in [2.75, 3.05) is 31.3 Å². The van der Waals surface area contributed by atoms with E-state index in [0.29, 0.717) is 11.4 Å². The maximum Gasteiger partial charge on any atom is 0.243 e. The zero-order valence-corrected chi connectivity index (χ0v) is 17.1. The van der Waals surface area contributed by atoms with Crippen LogP contribution in [0.25, 0.3) is 0 Å². The van der Waals surface area contributed by atoms with Gasteiger partial charge in [-0.15, -0.1) is 0 Å². The van der Waals surface area contributed by atoms with Gasteiger partial charge in [0.2, 0.25) is 11.8 Å². The first-order chi connectivity index (χ1) is 14.5. The number of nitrogens with one attached hydrogen (secondary N) is 2. The quantitative estimate of drug-likeness (QED) is 0.593. The molecule has 6 nitrogen and oxygen atoms in total. The molecule has 2 amide bonds. The van der Waals surface area contributed by atoms with Gasteiger partial charge in [0, 0.05) is 31.5 Å². The van der Waals surface area contributed by atoms with E-state index in [2.05, 4.69) is 10.6 Å². The van der Waals surface area contributed by atoms with E-state index in [1.807, 2.05) is 66.7 Å². The Balaban J connectivity index is 1.58. The van der Waals surface area contributed by atoms with Gasteiger partial charge in [-0.05, 0) is 35.9 Å². The predicted octanol–water partition coefficient (Wildman–Crippen LogP) is 4.16. The SMILES string of the molecule is CN(C)C(=O)Cc1ccccc1NCC(=O)Nc1cccc(Oc2ccccc2)c1. The summed E-state index contributed by atoms with van der Waals surface area (Å²) < 4.78 is 5.80. The molecule has 0 unspecified atom stereocenters. The molecule has 0 radical (unpaired) electrons. The van der Waals surface area contributed by atoms with Crippen LogP contribution in [0.1, 0.15) is 5.56 Å². The van der Waals surface area contributed by atoms with Gasteiger partial charge >= 0.3 is 0 Å². The van der Waals surface area contributed by atoms with Crippen molar-refractivity contribution in [3.05, 3.63) is 84.4 Å². The molecule has 6 heteroatoms. The smallest absolute Gasteiger partial charge is 0.243 e. The van der Waals surface area contributed by atoms with Gasteiger partial charge in [0.05, 0.1) is 13.0 Å². The average molecular weight is 403 g/mol. The predicted molar refractivity (Wildman–Crippen MR) is 119 cm³/mol. The molecule has 0 aliphatic carbocycles. The second-order valence-corrected chi connectivity index (χ2v) is 6.97. The van der Waals surface area contributed by atoms with Crippen LogP contribution in [0.3, 0.4) is 0 Å². The Kier molecular flexibility index (Phi) is 7.05. The largest absolute Gasteiger partial charge is 0.457 e. The summed E-state index contributed by atoms with van der Waals surface area (Å²) >= 11 is 0. The van der Waals surface area contributed by atoms with Crippen molar-refractivity contribution in [2.45, 2.75) is 6.42 Å². The lowest BCUT2D eigenvalue weighted by molar-refractivity contribution is -0.127. The highest BCUT2D eigenvalue weighted by molar-refractivity contribution is 5.94. The third-order valence-electron chi connectivity index (χ3n) is 4.39. The summed E-state index contributed by atoms with van der Waals surface area (Å²) in [6, 6.07) is 24.2. The first kappa shape index (κ1) is 20.9. The Morgan fingerprint density at radius 1 is 0.867 bits per heavy atom. The minimum Gasteiger partial charge on any atom is -0.457 e. The third-order valence-corrected chi connectivity index (χ3v) is 4.39. The lowest BCUT2D eigenvalue weighted by atomic mass is 10.1. The van der Waals surface area contributed by atoms with Gasteiger partial charge in [-0.1, -0.05) is 42.5 Å². The number of hydrogen-bond donors (Lipinski definition) is 2. The molecule has 0 bridgehead atoms. The van der Waals surface area contributed by atoms with Crippen LogP contribution >= 0.6 is 0 Å². The van der Waals surface area contributed by atoms with Gasteiger partial charge in [-0.25, -0.2) is 0 Å². The molecule has 0 heterocycles. The van der Waals surface area contributed by atoms with Gasteiger partial charge in [-0.3, -0.25) is 9.59 Å². The van der Waals surface area contributed by atoms with Crippen molar-refractivity contribution in [1.82, 2.24) is 4.90 Å². The molecule has 0 aliphatic rings. The van der Waals surface area contributed by atoms with Crippen LogP contribution < -0.4 is 15.4 Å². The molecular weight excluding hydrogens is 378 g/mol. The Hall–Kier alpha value is -3.80. The van der Waals surface area contributed by atoms with Crippen LogP contribution in [0.5, 0.6) is 11.5 Å². The number of anilines is 2. The van der Waals surface area contributed by atoms with Gasteiger partial charge in [0.15, 0.2) is 0 Å². The van der Waals surface area contributed by atoms with E-state index in [4.69, 9.17) is 4.74 Å². The summed E-state index contributed by atoms with van der Waals surface area (Å²) in [7, 11) is 3.45. The maximum atomic E-state index is 12.4. The summed E-state index contributed by atoms with van der Waals surface area (Å²) in [4.78, 5) is 26.0. The number of likely N-dealkylation sites (N-methyl/N-ethyl adjacent to an activating group) is 1. The van der Waals surface area contributed by atoms with Crippen LogP contribution in [0.4, 0.5) is 11.4 Å². The molecule has 3 aromatic carbocycles. The number of benzene rings is 3. The molecule has 3 rings (SSSR count). The molecule has 0 atom stereocenters. The molecule has 3 aromatic rings. The normalized spacial score (nSPS) is 10.2. The number of amides is 2. The van der Waals surface area contributed by atoms with Crippen LogP contribution in [0, 0.1) is 0 Å². The highest BCUT2D eigenvalue weighted by Crippen LogP contribution is 2.24. The van der Waals surface area contributed by atoms with Crippen molar-refractivity contribution >= 4 is 23.2 Å². The first-order valence-electron chi connectivity index (χ1n) is 9.66. The number of ether oxygens (including phenoxy) is 1. The first-order valence-corrected chi connectivity index (χ1v) is 9.66. The summed E-state index contributed by atoms with van der Waals surface area (Å²) in [5.74, 6) is 1.18. The second kappa shape index (κ2) is 10.1. The minimum absolute atomic E-state index is 0.00364. The molecule has 0 spiro atoms. The van der Waals surface area contributed by atoms with Crippen molar-refractivity contribution in [3.63, 3.8) is 0 Å². The lowest BCUT2D eigenvalue weighted by Gasteiger charge is -2.14. The van der Waals surface area contributed by atoms with Gasteiger partial charge in [0.1, 0.15) is 11.5 Å². The van der Waals surface area contributed by atoms with E-state index in [1.165, 1.54) is 0 Å². The van der Waals surface area contributed by atoms with Crippen molar-refractivity contribution in [2.24, 2.45) is 0 Å². The fourth-order valence-corrected chi connectivity index (χ4v) is 2.81. The highest BCUT2D eigenvalue weighted by atomic mass is 16.5. The molecule has 0 aliphatic heterocycles. The summed E-state index contributed by atoms with van der Waals surface area (Å²) in [6.45, 7) is 0.0803. The molecule has 0 fully saturated rings. The molecule has 0 aromatic heterocycles. The van der Waals surface area contributed by atoms with Crippen LogP contribution in [-0.2, 0) is 16.0 Å². The monoisotopic (exact) mass is 403 g/mol. The van der Waals surface area contributed by atoms with Crippen LogP contribution in [0.2, 0.25) is 0 Å². The molecule has 0 saturated heterocycles. The van der Waals surface area contributed by atoms with E-state index in [9.17, 15) is 9.59 Å². The summed E-state index contributed by atoms with van der Waals surface area (Å²) in [6.07, 6.45) is 0.274. The van der Waals surface area contributed by atoms with E-state index in [1.54, 1.807) is 31.1 Å². The number of hydrogen-bond acceptors (Lipinski definition) is 4. The summed E-state index contributed by atoms with van der Waals surface area (Å²) in [5.41, 5.74) is 2.26. The average Bonchev–Trinajstić information content (AvgIpc) is 2.74. The molecule has 30 heavy (non-hydrogen) atoms. The standard InChI is InChI=1S/C24H25N3O3/c1-27(2)24(29)15-18-9-6-7-14-22(18)25-17-23(28)26-19-10-8-13-21(16-19)30-20-11-4-3-5-12-20/h3-14,16,25H,15,17H2,1-2H3,(H,26,28). The Morgan fingerprint density at radius 2 is 1.57 bits per heavy atom. The zero-order valence-electron chi connectivity index (χ0n) is 17.1. The molecule has 0 saturated carbocycles. The van der Waals surface area contributed by atoms with Crippen molar-refractivity contribution in [3.8, 4) is 11.5 Å². The maximum absolute atomic E-state index is 12.4. The Morgan fingerprint density at radius 3 is 2.33 bits per heavy atom. The topological polar surface area (TPSA) is 70.7 Å². The Labute approximate surface area is 176 Å². The number of carbonyl (C=O) groups is 2. The molecular formula is C24H25N3O3. The van der Waals surface area contributed by atoms with Crippen molar-refractivity contribution < 1.29 is 14.3 Å². The van der Waals surface area contributed by atoms with E-state index < -0.39 is 0 Å². The van der Waals surface area contributed by atoms with E-state index in [0.717, 1.165) is 17.0 Å². The fourth-order valence-electron chi connectivity index (χ4n) is 2.81. The number of para-hydroxylation sites is 2. The zero-order chi connectivity index (χ0) is 21.3. The van der Waals surface area contributed by atoms with Crippen LogP contribution in [0.15, 0.2) is 78.9 Å². The molecule has 2 N–H and O–H groups in total. The van der Waals surface area contributed by atoms with Crippen molar-refractivity contribution in [1.29, 1.82) is 0 Å². The van der Waals surface area contributed by atoms with Gasteiger partial charge in [-0.2, -0.15) is 0 Å². The minimum atomic E-state index is -0.194. The fraction of sp³-hybridized carbons (Fsp3) is 0.167. The van der Waals surface area contributed by atoms with E-state index in [-0.39, 0.29) is 24.8 Å². The lowest BCUT2D eigenvalue weighted by Crippen LogP contribution is -2.25. The van der Waals surface area contributed by atoms with Crippen LogP contribution in [-0.4, -0.2) is 37.4 Å². The number of carbonyl (C=O) groups excluding carboxylic acids is 2. The Bertz CT molecular complexity index is 1000. The number of rotatable bonds is 8. The number of nitrogens with zero attached hydrogens (tertiary/aromatic N) is 1. The summed E-state index contributed by atoms with van der Waals surface area (Å²) in [5, 5.41) is 5.98. The second-order valence-electron chi connectivity index (χ2n) is 6.97.